The van der Waals surface area contributed by atoms with E-state index in [9.17, 15) is 47.1 Å². The van der Waals surface area contributed by atoms with Crippen molar-refractivity contribution in [2.45, 2.75) is 110 Å². The fraction of sp³-hybridized carbons (Fsp3) is 0.469. The van der Waals surface area contributed by atoms with Gasteiger partial charge >= 0.3 is 12.1 Å². The number of hydrogen-bond acceptors (Lipinski definition) is 17. The van der Waals surface area contributed by atoms with Crippen molar-refractivity contribution in [2.24, 2.45) is 16.2 Å². The van der Waals surface area contributed by atoms with Crippen LogP contribution in [0.3, 0.4) is 0 Å². The fourth-order valence-corrected chi connectivity index (χ4v) is 16.4. The summed E-state index contributed by atoms with van der Waals surface area (Å²) in [4.78, 5) is 104. The molecule has 2 unspecified atom stereocenters. The Morgan fingerprint density at radius 3 is 2.32 bits per heavy atom. The molecule has 2 aliphatic heterocycles. The lowest BCUT2D eigenvalue weighted by atomic mass is 9.39. The summed E-state index contributed by atoms with van der Waals surface area (Å²) in [5.41, 5.74) is 5.77. The van der Waals surface area contributed by atoms with Gasteiger partial charge in [0, 0.05) is 67.7 Å². The predicted molar refractivity (Wildman–Crippen MR) is 337 cm³/mol. The van der Waals surface area contributed by atoms with E-state index < -0.39 is 70.4 Å². The van der Waals surface area contributed by atoms with E-state index in [1.165, 1.54) is 21.1 Å². The molecule has 482 valence electrons. The Bertz CT molecular complexity index is 3880. The fourth-order valence-electron chi connectivity index (χ4n) is 15.3. The summed E-state index contributed by atoms with van der Waals surface area (Å²) < 4.78 is 51.6. The Labute approximate surface area is 530 Å². The molecule has 91 heavy (non-hydrogen) atoms. The number of anilines is 3. The zero-order chi connectivity index (χ0) is 64.5. The quantitative estimate of drug-likeness (QED) is 0.0252. The van der Waals surface area contributed by atoms with Crippen molar-refractivity contribution >= 4 is 89.9 Å². The van der Waals surface area contributed by atoms with E-state index in [0.29, 0.717) is 84.5 Å². The molecule has 25 nitrogen and oxygen atoms in total. The molecule has 0 radical (unpaired) electrons. The number of para-hydroxylation sites is 1. The summed E-state index contributed by atoms with van der Waals surface area (Å²) in [5.74, 6) is -3.60. The van der Waals surface area contributed by atoms with Crippen LogP contribution in [0.2, 0.25) is 0 Å². The molecule has 5 fully saturated rings. The molecule has 0 spiro atoms. The Morgan fingerprint density at radius 2 is 1.57 bits per heavy atom. The molecule has 3 aromatic heterocycles. The highest BCUT2D eigenvalue weighted by Crippen LogP contribution is 2.72. The summed E-state index contributed by atoms with van der Waals surface area (Å²) in [6, 6.07) is 23.3. The first kappa shape index (κ1) is 64.2. The van der Waals surface area contributed by atoms with Crippen molar-refractivity contribution in [3.63, 3.8) is 0 Å². The zero-order valence-electron chi connectivity index (χ0n) is 51.2. The molecule has 4 aliphatic carbocycles. The first-order chi connectivity index (χ1) is 43.3. The third-order valence-electron chi connectivity index (χ3n) is 18.2. The van der Waals surface area contributed by atoms with Gasteiger partial charge in [0.1, 0.15) is 12.4 Å². The topological polar surface area (TPSA) is 323 Å². The van der Waals surface area contributed by atoms with Crippen molar-refractivity contribution in [1.82, 2.24) is 40.2 Å². The van der Waals surface area contributed by atoms with Crippen molar-refractivity contribution in [3.8, 4) is 11.1 Å². The van der Waals surface area contributed by atoms with E-state index in [2.05, 4.69) is 40.1 Å². The average molecular weight is 1290 g/mol. The number of fused-ring (bicyclic) bond motifs is 2. The molecule has 6 aromatic rings. The van der Waals surface area contributed by atoms with Gasteiger partial charge in [-0.05, 0) is 134 Å². The van der Waals surface area contributed by atoms with Crippen molar-refractivity contribution < 1.29 is 65.8 Å². The van der Waals surface area contributed by atoms with Gasteiger partial charge in [-0.2, -0.15) is 13.5 Å². The minimum Gasteiger partial charge on any atom is -0.476 e. The van der Waals surface area contributed by atoms with E-state index in [0.717, 1.165) is 65.6 Å². The van der Waals surface area contributed by atoms with Gasteiger partial charge in [0.05, 0.1) is 73.3 Å². The van der Waals surface area contributed by atoms with Gasteiger partial charge in [-0.3, -0.25) is 38.5 Å². The second-order valence-electron chi connectivity index (χ2n) is 25.8. The minimum atomic E-state index is -4.21. The van der Waals surface area contributed by atoms with Gasteiger partial charge in [0.25, 0.3) is 16.0 Å². The Balaban J connectivity index is 0.638. The predicted octanol–water partition coefficient (Wildman–Crippen LogP) is 6.85. The van der Waals surface area contributed by atoms with Crippen LogP contribution in [0.25, 0.3) is 21.3 Å². The number of carboxylic acid groups (broad SMARTS) is 1. The Morgan fingerprint density at radius 1 is 0.824 bits per heavy atom. The molecule has 3 atom stereocenters. The second kappa shape index (κ2) is 26.1. The van der Waals surface area contributed by atoms with E-state index in [1.54, 1.807) is 37.5 Å². The first-order valence-electron chi connectivity index (χ1n) is 30.4. The van der Waals surface area contributed by atoms with E-state index in [1.807, 2.05) is 71.1 Å². The van der Waals surface area contributed by atoms with Crippen LogP contribution in [-0.4, -0.2) is 166 Å². The number of pyridine rings is 1. The maximum Gasteiger partial charge on any atom is 0.409 e. The van der Waals surface area contributed by atoms with Gasteiger partial charge in [-0.1, -0.05) is 61.6 Å². The summed E-state index contributed by atoms with van der Waals surface area (Å²) in [6.45, 7) is 7.38. The molecule has 27 heteroatoms. The molecular formula is C64H75N11O14S2. The number of hydrogen-bond donors (Lipinski definition) is 6. The smallest absolute Gasteiger partial charge is 0.409 e. The number of ether oxygens (including phenoxy) is 3. The monoisotopic (exact) mass is 1290 g/mol. The van der Waals surface area contributed by atoms with Gasteiger partial charge in [0.2, 0.25) is 23.6 Å². The summed E-state index contributed by atoms with van der Waals surface area (Å²) in [7, 11) is -2.54. The van der Waals surface area contributed by atoms with Crippen LogP contribution in [-0.2, 0) is 69.6 Å². The summed E-state index contributed by atoms with van der Waals surface area (Å²) in [6.07, 6.45) is 8.13. The molecular weight excluding hydrogens is 1210 g/mol. The van der Waals surface area contributed by atoms with E-state index in [-0.39, 0.29) is 66.5 Å². The van der Waals surface area contributed by atoms with E-state index >= 15 is 0 Å². The van der Waals surface area contributed by atoms with E-state index in [4.69, 9.17) is 28.8 Å². The van der Waals surface area contributed by atoms with Gasteiger partial charge in [0.15, 0.2) is 10.8 Å². The molecule has 6 aliphatic rings. The molecule has 1 saturated heterocycles. The zero-order valence-corrected chi connectivity index (χ0v) is 52.9. The van der Waals surface area contributed by atoms with Gasteiger partial charge in [-0.25, -0.2) is 19.6 Å². The number of carbonyl (C=O) groups excluding carboxylic acids is 6. The number of aromatic nitrogens is 4. The third-order valence-corrected chi connectivity index (χ3v) is 19.8. The lowest BCUT2D eigenvalue weighted by Crippen LogP contribution is -2.64. The number of thiazole rings is 1. The molecule has 4 bridgehead atoms. The van der Waals surface area contributed by atoms with Crippen molar-refractivity contribution in [1.29, 1.82) is 0 Å². The Kier molecular flexibility index (Phi) is 18.4. The number of likely N-dealkylation sites (tertiary alicyclic amines) is 1. The summed E-state index contributed by atoms with van der Waals surface area (Å²) >= 11 is 1.41. The molecule has 12 rings (SSSR count). The average Bonchev–Trinajstić information content (AvgIpc) is 0.845. The molecule has 3 aromatic carbocycles. The summed E-state index contributed by atoms with van der Waals surface area (Å²) in [5, 5.41) is 26.7. The molecule has 5 heterocycles. The highest BCUT2D eigenvalue weighted by Gasteiger charge is 2.66. The minimum absolute atomic E-state index is 0.0179. The molecule has 4 saturated carbocycles. The van der Waals surface area contributed by atoms with Crippen LogP contribution in [0, 0.1) is 23.2 Å². The normalized spacial score (nSPS) is 22.4. The number of rotatable bonds is 25. The molecule has 6 amide bonds. The first-order valence-corrected chi connectivity index (χ1v) is 32.8. The lowest BCUT2D eigenvalue weighted by molar-refractivity contribution is -0.248. The number of aromatic carboxylic acids is 1. The van der Waals surface area contributed by atoms with Crippen LogP contribution >= 0.6 is 11.3 Å². The number of nitrogens with zero attached hydrogens (tertiary/aromatic N) is 7. The Hall–Kier alpha value is -8.37. The van der Waals surface area contributed by atoms with Crippen LogP contribution in [0.5, 0.6) is 0 Å². The number of carboxylic acids is 1. The lowest BCUT2D eigenvalue weighted by Gasteiger charge is -2.69. The van der Waals surface area contributed by atoms with Crippen LogP contribution in [0.1, 0.15) is 108 Å². The van der Waals surface area contributed by atoms with Crippen molar-refractivity contribution in [2.75, 3.05) is 80.9 Å². The van der Waals surface area contributed by atoms with Crippen LogP contribution < -0.4 is 26.2 Å². The van der Waals surface area contributed by atoms with Crippen LogP contribution in [0.4, 0.5) is 21.4 Å². The van der Waals surface area contributed by atoms with Crippen molar-refractivity contribution in [3.05, 3.63) is 119 Å². The number of likely N-dealkylation sites (N-methyl/N-ethyl adjacent to an activating group) is 1. The third kappa shape index (κ3) is 15.0. The number of amides is 6. The molecule has 6 N–H and O–H groups in total. The number of benzene rings is 3. The maximum absolute atomic E-state index is 13.8. The number of carbonyl (C=O) groups is 7. The standard InChI is InChI=1S/C64H75N11O14S2/c1-40-47(45-17-18-51(70-56(45)58(81)82)73-21-20-42-8-7-9-46(48(42)29-73)57(80)71-59-69-49-10-5-6-11-50(49)90-59)26-67-75(40)39-63-34-61(2)33-62(3,35-63)37-64(36-61,38-63)89-23-22-72(4)60(83)88-31-41-12-14-43(15-13-41)68-53(77)28-65-52(76)27-66-54(78)30-74-44(16-19-55(74)79)32-87-24-25-91(84,85)86/h5-15,17-18,26,44H,16,19-25,27-39H2,1-4H3,(H,65,76)(H,66,78)(H,68,77)(H,81,82)(H,69,71,80)(H,84,85,86)/t44-,61?,62?,63?,64?/m0/s1. The largest absolute Gasteiger partial charge is 0.476 e. The SMILES string of the molecule is Cc1c(-c2ccc(N3CCc4cccc(C(=O)Nc5nc6ccccc6s5)c4C3)nc2C(=O)O)cnn1CC12CC3(C)CC(C)(C1)CC(OCCN(C)C(=O)OCc1ccc(NC(=O)CNC(=O)CNC(=O)CN4C(=O)CC[C@H]4COCCS(=O)(=O)O)cc1)(C3)C2. The van der Waals surface area contributed by atoms with Gasteiger partial charge in [-0.15, -0.1) is 0 Å². The maximum atomic E-state index is 13.8. The highest BCUT2D eigenvalue weighted by molar-refractivity contribution is 7.85. The number of nitrogens with one attached hydrogen (secondary N) is 4. The van der Waals surface area contributed by atoms with Crippen LogP contribution in [0.15, 0.2) is 85.1 Å². The van der Waals surface area contributed by atoms with Gasteiger partial charge < -0.3 is 50.0 Å². The highest BCUT2D eigenvalue weighted by atomic mass is 32.2. The second-order valence-corrected chi connectivity index (χ2v) is 28.4.